The third-order valence-corrected chi connectivity index (χ3v) is 4.53. The van der Waals surface area contributed by atoms with E-state index >= 15 is 0 Å². The first-order chi connectivity index (χ1) is 16.3. The molecule has 0 spiro atoms. The van der Waals surface area contributed by atoms with Crippen molar-refractivity contribution in [1.29, 1.82) is 0 Å². The SMILES string of the molecule is C(=Cc1ccc(Oc2ccc(C=Cc3ccccc3)cc2)cc1)c1ccccc1.O=S(=O)(O)O. The van der Waals surface area contributed by atoms with E-state index < -0.39 is 10.4 Å². The van der Waals surface area contributed by atoms with Crippen LogP contribution in [0.3, 0.4) is 0 Å². The molecule has 0 aliphatic rings. The van der Waals surface area contributed by atoms with Crippen LogP contribution >= 0.6 is 0 Å². The van der Waals surface area contributed by atoms with Gasteiger partial charge >= 0.3 is 10.4 Å². The van der Waals surface area contributed by atoms with Crippen molar-refractivity contribution in [3.05, 3.63) is 131 Å². The summed E-state index contributed by atoms with van der Waals surface area (Å²) in [7, 11) is -4.67. The fraction of sp³-hybridized carbons (Fsp3) is 0. The largest absolute Gasteiger partial charge is 0.457 e. The Kier molecular flexibility index (Phi) is 8.94. The van der Waals surface area contributed by atoms with Gasteiger partial charge in [-0.1, -0.05) is 109 Å². The van der Waals surface area contributed by atoms with Crippen molar-refractivity contribution in [3.8, 4) is 11.5 Å². The van der Waals surface area contributed by atoms with Gasteiger partial charge in [0.05, 0.1) is 0 Å². The second-order valence-corrected chi connectivity index (χ2v) is 8.07. The van der Waals surface area contributed by atoms with Crippen LogP contribution in [0.2, 0.25) is 0 Å². The minimum Gasteiger partial charge on any atom is -0.457 e. The summed E-state index contributed by atoms with van der Waals surface area (Å²) in [5.41, 5.74) is 4.66. The van der Waals surface area contributed by atoms with E-state index in [1.165, 1.54) is 11.1 Å². The van der Waals surface area contributed by atoms with E-state index in [0.717, 1.165) is 22.6 Å². The Bertz CT molecular complexity index is 1210. The van der Waals surface area contributed by atoms with Gasteiger partial charge in [0.2, 0.25) is 0 Å². The number of benzene rings is 4. The number of hydrogen-bond acceptors (Lipinski definition) is 3. The van der Waals surface area contributed by atoms with Gasteiger partial charge in [-0.25, -0.2) is 0 Å². The van der Waals surface area contributed by atoms with Crippen molar-refractivity contribution in [3.63, 3.8) is 0 Å². The summed E-state index contributed by atoms with van der Waals surface area (Å²) in [6.07, 6.45) is 8.43. The van der Waals surface area contributed by atoms with Crippen LogP contribution in [0.5, 0.6) is 11.5 Å². The minimum absolute atomic E-state index is 0.828. The molecule has 0 saturated heterocycles. The molecule has 5 nitrogen and oxygen atoms in total. The summed E-state index contributed by atoms with van der Waals surface area (Å²) in [6.45, 7) is 0. The van der Waals surface area contributed by atoms with Crippen LogP contribution in [0.25, 0.3) is 24.3 Å². The second kappa shape index (κ2) is 12.3. The molecule has 0 saturated carbocycles. The van der Waals surface area contributed by atoms with Gasteiger partial charge in [0.1, 0.15) is 11.5 Å². The maximum Gasteiger partial charge on any atom is 0.394 e. The molecule has 0 bridgehead atoms. The number of rotatable bonds is 6. The highest BCUT2D eigenvalue weighted by Crippen LogP contribution is 2.23. The average molecular weight is 473 g/mol. The zero-order valence-corrected chi connectivity index (χ0v) is 19.0. The van der Waals surface area contributed by atoms with E-state index in [0.29, 0.717) is 0 Å². The van der Waals surface area contributed by atoms with Crippen molar-refractivity contribution < 1.29 is 22.3 Å². The molecule has 0 unspecified atom stereocenters. The van der Waals surface area contributed by atoms with Crippen LogP contribution in [0, 0.1) is 0 Å². The Hall–Kier alpha value is -3.97. The average Bonchev–Trinajstić information content (AvgIpc) is 2.83. The van der Waals surface area contributed by atoms with Gasteiger partial charge in [-0.3, -0.25) is 9.11 Å². The van der Waals surface area contributed by atoms with Gasteiger partial charge in [0.25, 0.3) is 0 Å². The first kappa shape index (κ1) is 24.7. The van der Waals surface area contributed by atoms with E-state index in [2.05, 4.69) is 72.8 Å². The molecule has 0 amide bonds. The van der Waals surface area contributed by atoms with Gasteiger partial charge in [-0.2, -0.15) is 8.42 Å². The molecule has 0 atom stereocenters. The molecule has 0 heterocycles. The van der Waals surface area contributed by atoms with Crippen LogP contribution < -0.4 is 4.74 Å². The van der Waals surface area contributed by atoms with Crippen LogP contribution in [0.15, 0.2) is 109 Å². The lowest BCUT2D eigenvalue weighted by Crippen LogP contribution is -1.89. The van der Waals surface area contributed by atoms with Gasteiger partial charge in [-0.15, -0.1) is 0 Å². The molecule has 0 radical (unpaired) electrons. The molecule has 0 fully saturated rings. The molecule has 34 heavy (non-hydrogen) atoms. The van der Waals surface area contributed by atoms with Gasteiger partial charge in [0.15, 0.2) is 0 Å². The molecule has 6 heteroatoms. The maximum atomic E-state index is 8.74. The van der Waals surface area contributed by atoms with Gasteiger partial charge in [0, 0.05) is 0 Å². The van der Waals surface area contributed by atoms with Gasteiger partial charge < -0.3 is 4.74 Å². The second-order valence-electron chi connectivity index (χ2n) is 7.18. The maximum absolute atomic E-state index is 8.74. The van der Waals surface area contributed by atoms with Crippen molar-refractivity contribution in [1.82, 2.24) is 0 Å². The van der Waals surface area contributed by atoms with Crippen LogP contribution in [0.4, 0.5) is 0 Å². The molecule has 4 aromatic carbocycles. The predicted octanol–water partition coefficient (Wildman–Crippen LogP) is 7.17. The highest BCUT2D eigenvalue weighted by molar-refractivity contribution is 7.79. The Balaban J connectivity index is 0.000000588. The van der Waals surface area contributed by atoms with E-state index in [4.69, 9.17) is 22.3 Å². The summed E-state index contributed by atoms with van der Waals surface area (Å²) in [5.74, 6) is 1.66. The summed E-state index contributed by atoms with van der Waals surface area (Å²) < 4.78 is 37.5. The van der Waals surface area contributed by atoms with Crippen LogP contribution in [-0.4, -0.2) is 17.5 Å². The summed E-state index contributed by atoms with van der Waals surface area (Å²) in [6, 6.07) is 36.8. The number of ether oxygens (including phenoxy) is 1. The molecular weight excluding hydrogens is 448 g/mol. The lowest BCUT2D eigenvalue weighted by atomic mass is 10.1. The smallest absolute Gasteiger partial charge is 0.394 e. The normalized spacial score (nSPS) is 11.2. The third-order valence-electron chi connectivity index (χ3n) is 4.53. The predicted molar refractivity (Wildman–Crippen MR) is 138 cm³/mol. The summed E-state index contributed by atoms with van der Waals surface area (Å²) in [4.78, 5) is 0. The number of hydrogen-bond donors (Lipinski definition) is 2. The fourth-order valence-electron chi connectivity index (χ4n) is 2.94. The molecular formula is C28H24O5S. The molecule has 0 aliphatic carbocycles. The Morgan fingerprint density at radius 2 is 0.735 bits per heavy atom. The topological polar surface area (TPSA) is 83.8 Å². The molecule has 2 N–H and O–H groups in total. The van der Waals surface area contributed by atoms with Crippen molar-refractivity contribution >= 4 is 34.7 Å². The third kappa shape index (κ3) is 9.67. The highest BCUT2D eigenvalue weighted by atomic mass is 32.3. The first-order valence-electron chi connectivity index (χ1n) is 10.4. The summed E-state index contributed by atoms with van der Waals surface area (Å²) in [5, 5.41) is 0. The molecule has 0 aromatic heterocycles. The van der Waals surface area contributed by atoms with E-state index in [1.807, 2.05) is 60.7 Å². The quantitative estimate of drug-likeness (QED) is 0.230. The van der Waals surface area contributed by atoms with Crippen molar-refractivity contribution in [2.45, 2.75) is 0 Å². The molecule has 0 aliphatic heterocycles. The van der Waals surface area contributed by atoms with E-state index in [1.54, 1.807) is 0 Å². The lowest BCUT2D eigenvalue weighted by molar-refractivity contribution is 0.381. The van der Waals surface area contributed by atoms with Crippen molar-refractivity contribution in [2.75, 3.05) is 0 Å². The highest BCUT2D eigenvalue weighted by Gasteiger charge is 1.98. The van der Waals surface area contributed by atoms with Gasteiger partial charge in [-0.05, 0) is 46.5 Å². The first-order valence-corrected chi connectivity index (χ1v) is 11.8. The zero-order valence-electron chi connectivity index (χ0n) is 18.2. The van der Waals surface area contributed by atoms with E-state index in [9.17, 15) is 0 Å². The summed E-state index contributed by atoms with van der Waals surface area (Å²) >= 11 is 0. The van der Waals surface area contributed by atoms with Crippen LogP contribution in [0.1, 0.15) is 22.3 Å². The molecule has 4 rings (SSSR count). The zero-order chi connectivity index (χ0) is 24.2. The Morgan fingerprint density at radius 3 is 1.03 bits per heavy atom. The Morgan fingerprint density at radius 1 is 0.471 bits per heavy atom. The standard InChI is InChI=1S/C28H22O.H2O4S/c1-3-7-23(8-4-1)11-13-25-15-19-27(20-16-25)29-28-21-17-26(18-22-28)14-12-24-9-5-2-6-10-24;1-5(2,3)4/h1-22H;(H2,1,2,3,4). The minimum atomic E-state index is -4.67. The van der Waals surface area contributed by atoms with E-state index in [-0.39, 0.29) is 0 Å². The molecule has 172 valence electrons. The van der Waals surface area contributed by atoms with Crippen LogP contribution in [-0.2, 0) is 10.4 Å². The monoisotopic (exact) mass is 472 g/mol. The van der Waals surface area contributed by atoms with Crippen molar-refractivity contribution in [2.24, 2.45) is 0 Å². The fourth-order valence-corrected chi connectivity index (χ4v) is 2.94. The lowest BCUT2D eigenvalue weighted by Gasteiger charge is -2.06. The molecule has 4 aromatic rings. The Labute approximate surface area is 199 Å².